The Morgan fingerprint density at radius 1 is 1.44 bits per heavy atom. The Hall–Kier alpha value is -2.09. The van der Waals surface area contributed by atoms with E-state index in [1.807, 2.05) is 5.32 Å². The third-order valence-corrected chi connectivity index (χ3v) is 2.75. The van der Waals surface area contributed by atoms with Crippen LogP contribution in [0.1, 0.15) is 16.8 Å². The number of carbonyl (C=O) groups is 3. The van der Waals surface area contributed by atoms with Crippen LogP contribution in [0.4, 0.5) is 4.79 Å². The molecule has 0 saturated carbocycles. The van der Waals surface area contributed by atoms with Crippen molar-refractivity contribution in [2.45, 2.75) is 11.4 Å². The molecule has 96 valence electrons. The fourth-order valence-electron chi connectivity index (χ4n) is 1.07. The number of imide groups is 1. The zero-order valence-electron chi connectivity index (χ0n) is 9.25. The van der Waals surface area contributed by atoms with Gasteiger partial charge < -0.3 is 10.8 Å². The highest BCUT2D eigenvalue weighted by Crippen LogP contribution is 2.17. The number of amides is 3. The summed E-state index contributed by atoms with van der Waals surface area (Å²) in [7, 11) is 0. The predicted molar refractivity (Wildman–Crippen MR) is 64.3 cm³/mol. The summed E-state index contributed by atoms with van der Waals surface area (Å²) in [6.45, 7) is 0. The van der Waals surface area contributed by atoms with Gasteiger partial charge in [0.15, 0.2) is 0 Å². The summed E-state index contributed by atoms with van der Waals surface area (Å²) >= 11 is 1.22. The molecule has 0 fully saturated rings. The van der Waals surface area contributed by atoms with Gasteiger partial charge in [0.2, 0.25) is 5.91 Å². The van der Waals surface area contributed by atoms with E-state index in [1.165, 1.54) is 30.1 Å². The van der Waals surface area contributed by atoms with Crippen molar-refractivity contribution in [2.24, 2.45) is 5.73 Å². The summed E-state index contributed by atoms with van der Waals surface area (Å²) in [6.07, 6.45) is 1.47. The van der Waals surface area contributed by atoms with Crippen molar-refractivity contribution in [3.8, 4) is 0 Å². The summed E-state index contributed by atoms with van der Waals surface area (Å²) < 4.78 is 0. The number of urea groups is 1. The smallest absolute Gasteiger partial charge is 0.335 e. The number of hydrogen-bond donors (Lipinski definition) is 3. The van der Waals surface area contributed by atoms with Crippen LogP contribution in [0.5, 0.6) is 0 Å². The van der Waals surface area contributed by atoms with Gasteiger partial charge in [0.1, 0.15) is 0 Å². The highest BCUT2D eigenvalue weighted by atomic mass is 32.2. The van der Waals surface area contributed by atoms with Gasteiger partial charge in [0.25, 0.3) is 0 Å². The third-order valence-electron chi connectivity index (χ3n) is 1.82. The molecule has 1 aromatic heterocycles. The number of hydrogen-bond acceptors (Lipinski definition) is 5. The van der Waals surface area contributed by atoms with Crippen molar-refractivity contribution in [1.29, 1.82) is 0 Å². The van der Waals surface area contributed by atoms with E-state index in [0.717, 1.165) is 0 Å². The largest absolute Gasteiger partial charge is 0.478 e. The maximum atomic E-state index is 11.1. The highest BCUT2D eigenvalue weighted by Gasteiger charge is 2.07. The van der Waals surface area contributed by atoms with Crippen molar-refractivity contribution < 1.29 is 19.5 Å². The van der Waals surface area contributed by atoms with Gasteiger partial charge in [0, 0.05) is 18.4 Å². The van der Waals surface area contributed by atoms with Crippen LogP contribution in [0.2, 0.25) is 0 Å². The molecule has 1 rings (SSSR count). The Kier molecular flexibility index (Phi) is 5.12. The number of carboxylic acid groups (broad SMARTS) is 1. The molecule has 0 aliphatic rings. The first-order valence-corrected chi connectivity index (χ1v) is 5.89. The quantitative estimate of drug-likeness (QED) is 0.667. The molecule has 0 atom stereocenters. The van der Waals surface area contributed by atoms with Crippen molar-refractivity contribution in [1.82, 2.24) is 10.3 Å². The molecule has 0 saturated heterocycles. The average molecular weight is 269 g/mol. The maximum absolute atomic E-state index is 11.1. The zero-order valence-corrected chi connectivity index (χ0v) is 10.1. The first kappa shape index (κ1) is 14.0. The molecule has 4 N–H and O–H groups in total. The molecule has 8 heteroatoms. The minimum atomic E-state index is -1.04. The molecule has 0 bridgehead atoms. The van der Waals surface area contributed by atoms with Crippen molar-refractivity contribution >= 4 is 29.7 Å². The molecule has 0 aliphatic heterocycles. The van der Waals surface area contributed by atoms with Crippen LogP contribution in [0.25, 0.3) is 0 Å². The number of nitrogens with two attached hydrogens (primary N) is 1. The van der Waals surface area contributed by atoms with Gasteiger partial charge in [-0.15, -0.1) is 11.8 Å². The number of carboxylic acids is 1. The van der Waals surface area contributed by atoms with Crippen LogP contribution in [-0.2, 0) is 4.79 Å². The van der Waals surface area contributed by atoms with Crippen LogP contribution < -0.4 is 11.1 Å². The molecule has 3 amide bonds. The van der Waals surface area contributed by atoms with Crippen molar-refractivity contribution in [2.75, 3.05) is 5.75 Å². The van der Waals surface area contributed by atoms with Gasteiger partial charge in [-0.3, -0.25) is 10.1 Å². The van der Waals surface area contributed by atoms with Crippen LogP contribution in [-0.4, -0.2) is 33.8 Å². The molecule has 18 heavy (non-hydrogen) atoms. The number of primary amides is 1. The molecule has 1 aromatic rings. The van der Waals surface area contributed by atoms with E-state index in [4.69, 9.17) is 10.8 Å². The Morgan fingerprint density at radius 3 is 2.78 bits per heavy atom. The second kappa shape index (κ2) is 6.60. The molecule has 0 aliphatic carbocycles. The first-order valence-electron chi connectivity index (χ1n) is 4.90. The molecule has 0 unspecified atom stereocenters. The fourth-order valence-corrected chi connectivity index (χ4v) is 1.91. The lowest BCUT2D eigenvalue weighted by atomic mass is 10.3. The van der Waals surface area contributed by atoms with Gasteiger partial charge in [-0.25, -0.2) is 14.6 Å². The number of nitrogens with one attached hydrogen (secondary N) is 1. The molecule has 0 spiro atoms. The minimum absolute atomic E-state index is 0.0899. The number of aromatic carboxylic acids is 1. The number of pyridine rings is 1. The van der Waals surface area contributed by atoms with Crippen molar-refractivity contribution in [3.05, 3.63) is 23.9 Å². The fraction of sp³-hybridized carbons (Fsp3) is 0.200. The Balaban J connectivity index is 2.44. The zero-order chi connectivity index (χ0) is 13.5. The standard InChI is InChI=1S/C10H11N3O4S/c11-10(17)13-7(14)2-4-18-8-5-6(9(15)16)1-3-12-8/h1,3,5H,2,4H2,(H,15,16)(H3,11,13,14,17). The van der Waals surface area contributed by atoms with E-state index in [0.29, 0.717) is 10.8 Å². The van der Waals surface area contributed by atoms with Crippen LogP contribution in [0.15, 0.2) is 23.4 Å². The molecule has 0 radical (unpaired) electrons. The van der Waals surface area contributed by atoms with Crippen LogP contribution in [0.3, 0.4) is 0 Å². The average Bonchev–Trinajstić information content (AvgIpc) is 2.28. The third kappa shape index (κ3) is 4.83. The number of rotatable bonds is 5. The van der Waals surface area contributed by atoms with E-state index in [-0.39, 0.29) is 12.0 Å². The second-order valence-corrected chi connectivity index (χ2v) is 4.31. The van der Waals surface area contributed by atoms with Crippen LogP contribution >= 0.6 is 11.8 Å². The topological polar surface area (TPSA) is 122 Å². The van der Waals surface area contributed by atoms with Gasteiger partial charge in [-0.2, -0.15) is 0 Å². The monoisotopic (exact) mass is 269 g/mol. The lowest BCUT2D eigenvalue weighted by Crippen LogP contribution is -2.35. The number of aromatic nitrogens is 1. The summed E-state index contributed by atoms with van der Waals surface area (Å²) in [5.74, 6) is -1.15. The normalized spacial score (nSPS) is 9.78. The number of thioether (sulfide) groups is 1. The molecule has 1 heterocycles. The van der Waals surface area contributed by atoms with Gasteiger partial charge in [-0.1, -0.05) is 0 Å². The summed E-state index contributed by atoms with van der Waals surface area (Å²) in [6, 6.07) is 1.90. The summed E-state index contributed by atoms with van der Waals surface area (Å²) in [5.41, 5.74) is 4.91. The molecule has 7 nitrogen and oxygen atoms in total. The summed E-state index contributed by atoms with van der Waals surface area (Å²) in [4.78, 5) is 36.1. The van der Waals surface area contributed by atoms with E-state index in [9.17, 15) is 14.4 Å². The van der Waals surface area contributed by atoms with E-state index in [1.54, 1.807) is 0 Å². The van der Waals surface area contributed by atoms with E-state index < -0.39 is 17.9 Å². The Labute approximate surface area is 107 Å². The van der Waals surface area contributed by atoms with Crippen molar-refractivity contribution in [3.63, 3.8) is 0 Å². The van der Waals surface area contributed by atoms with E-state index in [2.05, 4.69) is 4.98 Å². The molecule has 0 aromatic carbocycles. The van der Waals surface area contributed by atoms with Gasteiger partial charge >= 0.3 is 12.0 Å². The lowest BCUT2D eigenvalue weighted by Gasteiger charge is -2.02. The Morgan fingerprint density at radius 2 is 2.17 bits per heavy atom. The predicted octanol–water partition coefficient (Wildman–Crippen LogP) is 0.457. The second-order valence-electron chi connectivity index (χ2n) is 3.20. The first-order chi connectivity index (χ1) is 8.49. The maximum Gasteiger partial charge on any atom is 0.335 e. The minimum Gasteiger partial charge on any atom is -0.478 e. The SMILES string of the molecule is NC(=O)NC(=O)CCSc1cc(C(=O)O)ccn1. The highest BCUT2D eigenvalue weighted by molar-refractivity contribution is 7.99. The summed E-state index contributed by atoms with van der Waals surface area (Å²) in [5, 5.41) is 11.2. The van der Waals surface area contributed by atoms with Crippen LogP contribution in [0, 0.1) is 0 Å². The van der Waals surface area contributed by atoms with Gasteiger partial charge in [0.05, 0.1) is 10.6 Å². The van der Waals surface area contributed by atoms with E-state index >= 15 is 0 Å². The lowest BCUT2D eigenvalue weighted by molar-refractivity contribution is -0.119. The molecular weight excluding hydrogens is 258 g/mol. The number of nitrogens with zero attached hydrogens (tertiary/aromatic N) is 1. The Bertz CT molecular complexity index is 478. The van der Waals surface area contributed by atoms with Gasteiger partial charge in [-0.05, 0) is 12.1 Å². The molecular formula is C10H11N3O4S. The number of carbonyl (C=O) groups excluding carboxylic acids is 2.